The third-order valence-corrected chi connectivity index (χ3v) is 6.28. The summed E-state index contributed by atoms with van der Waals surface area (Å²) in [6, 6.07) is 19.8. The molecular weight excluding hydrogens is 420 g/mol. The Morgan fingerprint density at radius 3 is 2.30 bits per heavy atom. The van der Waals surface area contributed by atoms with Gasteiger partial charge in [-0.1, -0.05) is 48.5 Å². The Morgan fingerprint density at radius 2 is 1.55 bits per heavy atom. The van der Waals surface area contributed by atoms with Crippen molar-refractivity contribution in [3.05, 3.63) is 83.4 Å². The summed E-state index contributed by atoms with van der Waals surface area (Å²) in [5.41, 5.74) is 1.22. The maximum atomic E-state index is 13.2. The van der Waals surface area contributed by atoms with Gasteiger partial charge in [0, 0.05) is 18.7 Å². The Labute approximate surface area is 190 Å². The Bertz CT molecular complexity index is 1240. The fourth-order valence-corrected chi connectivity index (χ4v) is 4.54. The molecule has 0 aromatic heterocycles. The normalized spacial score (nSPS) is 17.9. The summed E-state index contributed by atoms with van der Waals surface area (Å²) in [5, 5.41) is 1.86. The van der Waals surface area contributed by atoms with Crippen LogP contribution < -0.4 is 0 Å². The first kappa shape index (κ1) is 20.9. The maximum Gasteiger partial charge on any atom is 0.312 e. The number of hydrogen-bond acceptors (Lipinski definition) is 5. The highest BCUT2D eigenvalue weighted by atomic mass is 16.5. The number of likely N-dealkylation sites (tertiary alicyclic amines) is 1. The number of carbonyl (C=O) groups excluding carboxylic acids is 4. The van der Waals surface area contributed by atoms with E-state index in [1.807, 2.05) is 36.4 Å². The Hall–Kier alpha value is -4.00. The summed E-state index contributed by atoms with van der Waals surface area (Å²) in [4.78, 5) is 53.5. The molecule has 3 aromatic carbocycles. The van der Waals surface area contributed by atoms with Gasteiger partial charge in [0.05, 0.1) is 17.0 Å². The van der Waals surface area contributed by atoms with E-state index in [1.165, 1.54) is 0 Å². The number of rotatable bonds is 4. The van der Waals surface area contributed by atoms with Crippen molar-refractivity contribution in [3.8, 4) is 0 Å². The third-order valence-electron chi connectivity index (χ3n) is 6.28. The van der Waals surface area contributed by atoms with Gasteiger partial charge < -0.3 is 9.64 Å². The topological polar surface area (TPSA) is 84.0 Å². The van der Waals surface area contributed by atoms with E-state index in [1.54, 1.807) is 35.2 Å². The van der Waals surface area contributed by atoms with Crippen molar-refractivity contribution in [1.29, 1.82) is 0 Å². The Balaban J connectivity index is 1.25. The van der Waals surface area contributed by atoms with Crippen molar-refractivity contribution in [1.82, 2.24) is 9.80 Å². The van der Waals surface area contributed by atoms with E-state index in [0.717, 1.165) is 15.7 Å². The molecule has 5 rings (SSSR count). The van der Waals surface area contributed by atoms with Crippen LogP contribution >= 0.6 is 0 Å². The van der Waals surface area contributed by atoms with Gasteiger partial charge in [0.1, 0.15) is 0 Å². The van der Waals surface area contributed by atoms with E-state index < -0.39 is 30.4 Å². The first-order valence-electron chi connectivity index (χ1n) is 10.9. The highest BCUT2D eigenvalue weighted by Gasteiger charge is 2.37. The molecule has 7 heteroatoms. The van der Waals surface area contributed by atoms with Gasteiger partial charge in [-0.25, -0.2) is 4.90 Å². The number of amides is 3. The standard InChI is InChI=1S/C26H22N2O5/c29-23(20-13-5-8-17-7-1-2-10-19(17)20)27-14-6-9-18(15-27)26(32)33-16-28-24(30)21-11-3-4-12-22(21)25(28)31/h1-5,7-8,10-13,18H,6,9,14-16H2/t18-/m1/s1. The van der Waals surface area contributed by atoms with Crippen molar-refractivity contribution >= 4 is 34.5 Å². The van der Waals surface area contributed by atoms with Gasteiger partial charge in [0.15, 0.2) is 6.73 Å². The lowest BCUT2D eigenvalue weighted by molar-refractivity contribution is -0.152. The van der Waals surface area contributed by atoms with Crippen LogP contribution in [0.25, 0.3) is 10.8 Å². The van der Waals surface area contributed by atoms with Crippen LogP contribution in [0, 0.1) is 5.92 Å². The summed E-state index contributed by atoms with van der Waals surface area (Å²) in [5.74, 6) is -2.08. The smallest absolute Gasteiger partial charge is 0.312 e. The van der Waals surface area contributed by atoms with E-state index >= 15 is 0 Å². The van der Waals surface area contributed by atoms with Crippen LogP contribution in [0.4, 0.5) is 0 Å². The maximum absolute atomic E-state index is 13.2. The molecule has 1 atom stereocenters. The average Bonchev–Trinajstić information content (AvgIpc) is 3.11. The highest BCUT2D eigenvalue weighted by Crippen LogP contribution is 2.25. The molecule has 1 fully saturated rings. The van der Waals surface area contributed by atoms with E-state index in [2.05, 4.69) is 0 Å². The van der Waals surface area contributed by atoms with Gasteiger partial charge >= 0.3 is 5.97 Å². The van der Waals surface area contributed by atoms with Crippen molar-refractivity contribution in [2.45, 2.75) is 12.8 Å². The zero-order chi connectivity index (χ0) is 22.9. The molecule has 0 radical (unpaired) electrons. The predicted octanol–water partition coefficient (Wildman–Crippen LogP) is 3.49. The molecular formula is C26H22N2O5. The van der Waals surface area contributed by atoms with Crippen molar-refractivity contribution < 1.29 is 23.9 Å². The molecule has 1 saturated heterocycles. The molecule has 7 nitrogen and oxygen atoms in total. The number of fused-ring (bicyclic) bond motifs is 2. The van der Waals surface area contributed by atoms with Gasteiger partial charge in [-0.2, -0.15) is 0 Å². The van der Waals surface area contributed by atoms with E-state index in [9.17, 15) is 19.2 Å². The van der Waals surface area contributed by atoms with Gasteiger partial charge in [-0.3, -0.25) is 19.2 Å². The molecule has 3 aromatic rings. The number of nitrogens with zero attached hydrogens (tertiary/aromatic N) is 2. The zero-order valence-electron chi connectivity index (χ0n) is 17.9. The monoisotopic (exact) mass is 442 g/mol. The van der Waals surface area contributed by atoms with Crippen molar-refractivity contribution in [3.63, 3.8) is 0 Å². The van der Waals surface area contributed by atoms with Gasteiger partial charge in [0.2, 0.25) is 0 Å². The quantitative estimate of drug-likeness (QED) is 0.456. The minimum absolute atomic E-state index is 0.121. The molecule has 0 aliphatic carbocycles. The van der Waals surface area contributed by atoms with Crippen LogP contribution in [-0.2, 0) is 9.53 Å². The predicted molar refractivity (Wildman–Crippen MR) is 120 cm³/mol. The molecule has 0 N–H and O–H groups in total. The molecule has 0 saturated carbocycles. The second-order valence-corrected chi connectivity index (χ2v) is 8.29. The molecule has 0 bridgehead atoms. The number of esters is 1. The largest absolute Gasteiger partial charge is 0.443 e. The second kappa shape index (κ2) is 8.50. The summed E-state index contributed by atoms with van der Waals surface area (Å²) < 4.78 is 5.35. The fourth-order valence-electron chi connectivity index (χ4n) is 4.54. The summed E-state index contributed by atoms with van der Waals surface area (Å²) in [6.45, 7) is 0.367. The van der Waals surface area contributed by atoms with Gasteiger partial charge in [-0.15, -0.1) is 0 Å². The van der Waals surface area contributed by atoms with Crippen LogP contribution in [0.2, 0.25) is 0 Å². The van der Waals surface area contributed by atoms with Gasteiger partial charge in [-0.05, 0) is 41.8 Å². The summed E-state index contributed by atoms with van der Waals surface area (Å²) >= 11 is 0. The Morgan fingerprint density at radius 1 is 0.879 bits per heavy atom. The molecule has 3 amide bonds. The Kier molecular flexibility index (Phi) is 5.38. The molecule has 2 heterocycles. The first-order chi connectivity index (χ1) is 16.0. The highest BCUT2D eigenvalue weighted by molar-refractivity contribution is 6.21. The summed E-state index contributed by atoms with van der Waals surface area (Å²) in [7, 11) is 0. The second-order valence-electron chi connectivity index (χ2n) is 8.29. The van der Waals surface area contributed by atoms with E-state index in [0.29, 0.717) is 36.1 Å². The molecule has 0 spiro atoms. The summed E-state index contributed by atoms with van der Waals surface area (Å²) in [6.07, 6.45) is 1.25. The zero-order valence-corrected chi connectivity index (χ0v) is 17.9. The molecule has 0 unspecified atom stereocenters. The molecule has 33 heavy (non-hydrogen) atoms. The lowest BCUT2D eigenvalue weighted by Gasteiger charge is -2.32. The van der Waals surface area contributed by atoms with Crippen LogP contribution in [0.1, 0.15) is 43.9 Å². The minimum Gasteiger partial charge on any atom is -0.443 e. The molecule has 2 aliphatic rings. The van der Waals surface area contributed by atoms with Crippen LogP contribution in [0.3, 0.4) is 0 Å². The molecule has 2 aliphatic heterocycles. The lowest BCUT2D eigenvalue weighted by atomic mass is 9.96. The lowest BCUT2D eigenvalue weighted by Crippen LogP contribution is -2.43. The number of piperidine rings is 1. The van der Waals surface area contributed by atoms with Gasteiger partial charge in [0.25, 0.3) is 17.7 Å². The number of benzene rings is 3. The fraction of sp³-hybridized carbons (Fsp3) is 0.231. The first-order valence-corrected chi connectivity index (χ1v) is 10.9. The number of hydrogen-bond donors (Lipinski definition) is 0. The van der Waals surface area contributed by atoms with Crippen LogP contribution in [-0.4, -0.2) is 53.3 Å². The number of imide groups is 1. The average molecular weight is 442 g/mol. The number of ether oxygens (including phenoxy) is 1. The van der Waals surface area contributed by atoms with E-state index in [-0.39, 0.29) is 12.5 Å². The minimum atomic E-state index is -0.512. The molecule has 166 valence electrons. The third kappa shape index (κ3) is 3.75. The van der Waals surface area contributed by atoms with Crippen molar-refractivity contribution in [2.75, 3.05) is 19.8 Å². The van der Waals surface area contributed by atoms with E-state index in [4.69, 9.17) is 4.74 Å². The van der Waals surface area contributed by atoms with Crippen molar-refractivity contribution in [2.24, 2.45) is 5.92 Å². The van der Waals surface area contributed by atoms with Crippen LogP contribution in [0.5, 0.6) is 0 Å². The number of carbonyl (C=O) groups is 4. The van der Waals surface area contributed by atoms with Crippen LogP contribution in [0.15, 0.2) is 66.7 Å². The SMILES string of the molecule is O=C(OCN1C(=O)c2ccccc2C1=O)[C@@H]1CCCN(C(=O)c2cccc3ccccc23)C1.